The van der Waals surface area contributed by atoms with Gasteiger partial charge in [0.25, 0.3) is 0 Å². The fourth-order valence-electron chi connectivity index (χ4n) is 2.55. The van der Waals surface area contributed by atoms with Crippen LogP contribution in [0.15, 0.2) is 48.5 Å². The van der Waals surface area contributed by atoms with Gasteiger partial charge in [0.2, 0.25) is 0 Å². The number of ether oxygens (including phenoxy) is 1. The van der Waals surface area contributed by atoms with Crippen molar-refractivity contribution < 1.29 is 4.74 Å². The standard InChI is InChI=1S/C13H17N3OS.C11H13N3S/c1-4-13(2,3)17-11-8-6-5-7-10(11)16-12(18)15-9-14;1-8(2)9-5-3-4-6-10(9)14-11(15)13-7-12/h5-8H,4H2,1-3H3,(H2,15,16,18);3-6,8H,1-2H3,(H2,13,14,15). The molecule has 4 N–H and O–H groups in total. The SMILES string of the molecule is CC(C)c1ccccc1NC(=S)NC#N.CCC(C)(C)Oc1ccccc1NC(=S)NC#N. The van der Waals surface area contributed by atoms with Gasteiger partial charge in [0.15, 0.2) is 22.6 Å². The summed E-state index contributed by atoms with van der Waals surface area (Å²) in [7, 11) is 0. The van der Waals surface area contributed by atoms with E-state index < -0.39 is 0 Å². The summed E-state index contributed by atoms with van der Waals surface area (Å²) in [6, 6.07) is 15.4. The van der Waals surface area contributed by atoms with Crippen LogP contribution in [-0.4, -0.2) is 15.8 Å². The Kier molecular flexibility index (Phi) is 11.6. The molecule has 2 aromatic carbocycles. The highest BCUT2D eigenvalue weighted by atomic mass is 32.1. The number of para-hydroxylation sites is 3. The van der Waals surface area contributed by atoms with E-state index in [1.165, 1.54) is 5.56 Å². The maximum Gasteiger partial charge on any atom is 0.184 e. The van der Waals surface area contributed by atoms with Crippen molar-refractivity contribution in [3.05, 3.63) is 54.1 Å². The Balaban J connectivity index is 0.000000335. The lowest BCUT2D eigenvalue weighted by molar-refractivity contribution is 0.106. The molecule has 0 heterocycles. The molecule has 0 saturated heterocycles. The third-order valence-corrected chi connectivity index (χ3v) is 4.95. The molecule has 0 aliphatic carbocycles. The van der Waals surface area contributed by atoms with Crippen molar-refractivity contribution in [2.24, 2.45) is 0 Å². The third kappa shape index (κ3) is 10.2. The summed E-state index contributed by atoms with van der Waals surface area (Å²) >= 11 is 9.90. The van der Waals surface area contributed by atoms with E-state index in [0.29, 0.717) is 16.8 Å². The Morgan fingerprint density at radius 1 is 0.909 bits per heavy atom. The Labute approximate surface area is 207 Å². The van der Waals surface area contributed by atoms with Crippen LogP contribution in [0.1, 0.15) is 52.5 Å². The molecule has 0 saturated carbocycles. The Morgan fingerprint density at radius 2 is 1.39 bits per heavy atom. The van der Waals surface area contributed by atoms with Crippen molar-refractivity contribution >= 4 is 46.0 Å². The third-order valence-electron chi connectivity index (χ3n) is 4.54. The molecular weight excluding hydrogens is 452 g/mol. The first-order valence-corrected chi connectivity index (χ1v) is 11.2. The molecular formula is C24H30N6OS2. The lowest BCUT2D eigenvalue weighted by Gasteiger charge is -2.26. The highest BCUT2D eigenvalue weighted by Crippen LogP contribution is 2.28. The fourth-order valence-corrected chi connectivity index (χ4v) is 2.86. The molecule has 0 radical (unpaired) electrons. The van der Waals surface area contributed by atoms with E-state index in [2.05, 4.69) is 42.0 Å². The number of hydrogen-bond acceptors (Lipinski definition) is 5. The summed E-state index contributed by atoms with van der Waals surface area (Å²) in [6.45, 7) is 10.3. The van der Waals surface area contributed by atoms with Gasteiger partial charge in [-0.05, 0) is 74.4 Å². The summed E-state index contributed by atoms with van der Waals surface area (Å²) in [6.07, 6.45) is 4.45. The molecule has 0 unspecified atom stereocenters. The topological polar surface area (TPSA) is 105 Å². The predicted molar refractivity (Wildman–Crippen MR) is 142 cm³/mol. The smallest absolute Gasteiger partial charge is 0.184 e. The van der Waals surface area contributed by atoms with Crippen molar-refractivity contribution in [2.75, 3.05) is 10.6 Å². The van der Waals surface area contributed by atoms with Gasteiger partial charge in [-0.2, -0.15) is 10.5 Å². The Bertz CT molecular complexity index is 1020. The van der Waals surface area contributed by atoms with E-state index in [-0.39, 0.29) is 10.7 Å². The number of nitrogens with zero attached hydrogens (tertiary/aromatic N) is 2. The van der Waals surface area contributed by atoms with Crippen molar-refractivity contribution in [1.82, 2.24) is 10.6 Å². The van der Waals surface area contributed by atoms with Crippen LogP contribution in [0.2, 0.25) is 0 Å². The molecule has 7 nitrogen and oxygen atoms in total. The fraction of sp³-hybridized carbons (Fsp3) is 0.333. The van der Waals surface area contributed by atoms with Crippen LogP contribution in [0.25, 0.3) is 0 Å². The molecule has 33 heavy (non-hydrogen) atoms. The number of anilines is 2. The number of nitriles is 2. The minimum absolute atomic E-state index is 0.248. The van der Waals surface area contributed by atoms with Gasteiger partial charge in [-0.3, -0.25) is 10.6 Å². The van der Waals surface area contributed by atoms with Gasteiger partial charge in [0, 0.05) is 5.69 Å². The normalized spacial score (nSPS) is 9.94. The van der Waals surface area contributed by atoms with Gasteiger partial charge in [-0.25, -0.2) is 0 Å². The predicted octanol–water partition coefficient (Wildman–Crippen LogP) is 5.60. The van der Waals surface area contributed by atoms with Gasteiger partial charge < -0.3 is 15.4 Å². The van der Waals surface area contributed by atoms with Crippen LogP contribution in [0.3, 0.4) is 0 Å². The van der Waals surface area contributed by atoms with E-state index in [1.54, 1.807) is 12.4 Å². The largest absolute Gasteiger partial charge is 0.486 e. The maximum atomic E-state index is 8.49. The molecule has 2 aromatic rings. The molecule has 0 bridgehead atoms. The first kappa shape index (κ1) is 27.6. The zero-order valence-corrected chi connectivity index (χ0v) is 21.2. The second kappa shape index (κ2) is 13.9. The van der Waals surface area contributed by atoms with E-state index >= 15 is 0 Å². The van der Waals surface area contributed by atoms with Crippen LogP contribution in [0.5, 0.6) is 5.75 Å². The molecule has 2 rings (SSSR count). The van der Waals surface area contributed by atoms with Crippen molar-refractivity contribution in [3.8, 4) is 18.1 Å². The average molecular weight is 483 g/mol. The van der Waals surface area contributed by atoms with Crippen LogP contribution in [0.4, 0.5) is 11.4 Å². The molecule has 9 heteroatoms. The zero-order valence-electron chi connectivity index (χ0n) is 19.5. The molecule has 0 aliphatic rings. The number of rotatable bonds is 6. The monoisotopic (exact) mass is 482 g/mol. The number of nitrogens with one attached hydrogen (secondary N) is 4. The quantitative estimate of drug-likeness (QED) is 0.238. The first-order chi connectivity index (χ1) is 15.6. The Morgan fingerprint density at radius 3 is 1.91 bits per heavy atom. The van der Waals surface area contributed by atoms with Crippen LogP contribution in [-0.2, 0) is 0 Å². The number of thiocarbonyl (C=S) groups is 2. The van der Waals surface area contributed by atoms with Crippen LogP contribution >= 0.6 is 24.4 Å². The summed E-state index contributed by atoms with van der Waals surface area (Å²) < 4.78 is 5.93. The molecule has 0 spiro atoms. The average Bonchev–Trinajstić information content (AvgIpc) is 2.76. The van der Waals surface area contributed by atoms with E-state index in [9.17, 15) is 0 Å². The lowest BCUT2D eigenvalue weighted by Crippen LogP contribution is -2.28. The lowest BCUT2D eigenvalue weighted by atomic mass is 10.0. The van der Waals surface area contributed by atoms with E-state index in [0.717, 1.165) is 17.8 Å². The van der Waals surface area contributed by atoms with Crippen LogP contribution in [0, 0.1) is 22.9 Å². The highest BCUT2D eigenvalue weighted by Gasteiger charge is 2.18. The molecule has 174 valence electrons. The van der Waals surface area contributed by atoms with E-state index in [4.69, 9.17) is 39.7 Å². The molecule has 0 aromatic heterocycles. The molecule has 0 aliphatic heterocycles. The summed E-state index contributed by atoms with van der Waals surface area (Å²) in [5.74, 6) is 1.13. The van der Waals surface area contributed by atoms with Gasteiger partial charge in [-0.15, -0.1) is 0 Å². The van der Waals surface area contributed by atoms with Crippen molar-refractivity contribution in [2.45, 2.75) is 52.6 Å². The van der Waals surface area contributed by atoms with Crippen molar-refractivity contribution in [3.63, 3.8) is 0 Å². The minimum atomic E-state index is -0.248. The van der Waals surface area contributed by atoms with Crippen molar-refractivity contribution in [1.29, 1.82) is 10.5 Å². The zero-order chi connectivity index (χ0) is 24.9. The first-order valence-electron chi connectivity index (χ1n) is 10.4. The molecule has 0 fully saturated rings. The summed E-state index contributed by atoms with van der Waals surface area (Å²) in [5, 5.41) is 28.1. The summed E-state index contributed by atoms with van der Waals surface area (Å²) in [5.41, 5.74) is 2.62. The molecule has 0 atom stereocenters. The second-order valence-electron chi connectivity index (χ2n) is 7.84. The van der Waals surface area contributed by atoms with Gasteiger partial charge >= 0.3 is 0 Å². The number of benzene rings is 2. The highest BCUT2D eigenvalue weighted by molar-refractivity contribution is 7.80. The number of hydrogen-bond donors (Lipinski definition) is 4. The van der Waals surface area contributed by atoms with Gasteiger partial charge in [-0.1, -0.05) is 51.1 Å². The summed E-state index contributed by atoms with van der Waals surface area (Å²) in [4.78, 5) is 0. The maximum absolute atomic E-state index is 8.49. The van der Waals surface area contributed by atoms with Crippen LogP contribution < -0.4 is 26.0 Å². The van der Waals surface area contributed by atoms with Gasteiger partial charge in [0.05, 0.1) is 5.69 Å². The second-order valence-corrected chi connectivity index (χ2v) is 8.65. The minimum Gasteiger partial charge on any atom is -0.486 e. The van der Waals surface area contributed by atoms with Gasteiger partial charge in [0.1, 0.15) is 11.4 Å². The molecule has 0 amide bonds. The van der Waals surface area contributed by atoms with E-state index in [1.807, 2.05) is 62.4 Å². The Hall–Kier alpha value is -3.40.